The number of quaternary nitrogens is 1. The number of piperidine rings is 1. The number of phenolic OH excluding ortho intramolecular Hbond substituents is 1. The van der Waals surface area contributed by atoms with Gasteiger partial charge in [0.15, 0.2) is 11.5 Å². The maximum Gasteiger partial charge on any atom is 0.165 e. The average molecular weight is 358 g/mol. The monoisotopic (exact) mass is 358 g/mol. The SMILES string of the molecule is C[N+]1(CC2CC2)CC[C@]23c4c5ccc(O)c4O[C@H]2[C@@H](O)CC[C@@]3(O)[C@H]1C5. The summed E-state index contributed by atoms with van der Waals surface area (Å²) in [6, 6.07) is 3.88. The highest BCUT2D eigenvalue weighted by Crippen LogP contribution is 2.66. The first kappa shape index (κ1) is 15.7. The Kier molecular flexibility index (Phi) is 2.76. The molecular formula is C21H28NO4+. The van der Waals surface area contributed by atoms with Gasteiger partial charge in [-0.05, 0) is 37.3 Å². The third-order valence-corrected chi connectivity index (χ3v) is 8.45. The lowest BCUT2D eigenvalue weighted by atomic mass is 9.48. The van der Waals surface area contributed by atoms with E-state index in [4.69, 9.17) is 4.74 Å². The summed E-state index contributed by atoms with van der Waals surface area (Å²) in [5.74, 6) is 1.46. The molecule has 140 valence electrons. The van der Waals surface area contributed by atoms with Crippen molar-refractivity contribution in [1.29, 1.82) is 0 Å². The Hall–Kier alpha value is -1.30. The first-order chi connectivity index (χ1) is 12.4. The van der Waals surface area contributed by atoms with E-state index in [1.807, 2.05) is 6.07 Å². The number of ether oxygens (including phenoxy) is 1. The number of aliphatic hydroxyl groups excluding tert-OH is 1. The number of hydrogen-bond donors (Lipinski definition) is 3. The fourth-order valence-corrected chi connectivity index (χ4v) is 7.13. The summed E-state index contributed by atoms with van der Waals surface area (Å²) in [6.45, 7) is 2.15. The van der Waals surface area contributed by atoms with Crippen molar-refractivity contribution in [2.75, 3.05) is 20.1 Å². The molecule has 1 spiro atoms. The molecule has 1 saturated heterocycles. The van der Waals surface area contributed by atoms with Gasteiger partial charge in [-0.3, -0.25) is 0 Å². The van der Waals surface area contributed by atoms with E-state index in [0.717, 1.165) is 41.9 Å². The molecule has 5 heteroatoms. The molecule has 2 heterocycles. The predicted molar refractivity (Wildman–Crippen MR) is 95.1 cm³/mol. The van der Waals surface area contributed by atoms with Crippen LogP contribution in [0.15, 0.2) is 12.1 Å². The normalized spacial score (nSPS) is 48.0. The molecule has 2 saturated carbocycles. The van der Waals surface area contributed by atoms with Gasteiger partial charge in [-0.2, -0.15) is 0 Å². The standard InChI is InChI=1S/C21H27NO4/c1-22(11-12-2-3-12)9-8-20-17-13-4-5-14(23)18(17)26-19(20)15(24)6-7-21(20,25)16(22)10-13/h4-5,12,15-16,19,24-25H,2-3,6-11H2,1H3/p+1/t15-,16+,19-,20-,21+,22?/m0/s1. The topological polar surface area (TPSA) is 69.9 Å². The highest BCUT2D eigenvalue weighted by atomic mass is 16.5. The number of benzene rings is 1. The second-order valence-electron chi connectivity index (χ2n) is 9.79. The molecule has 0 radical (unpaired) electrons. The summed E-state index contributed by atoms with van der Waals surface area (Å²) in [4.78, 5) is 0. The lowest BCUT2D eigenvalue weighted by Gasteiger charge is -2.65. The maximum atomic E-state index is 12.2. The van der Waals surface area contributed by atoms with Gasteiger partial charge in [0.2, 0.25) is 0 Å². The largest absolute Gasteiger partial charge is 0.504 e. The highest BCUT2D eigenvalue weighted by molar-refractivity contribution is 5.62. The van der Waals surface area contributed by atoms with Crippen molar-refractivity contribution in [3.63, 3.8) is 0 Å². The second-order valence-corrected chi connectivity index (χ2v) is 9.79. The molecule has 5 aliphatic rings. The van der Waals surface area contributed by atoms with Gasteiger partial charge in [0.25, 0.3) is 0 Å². The summed E-state index contributed by atoms with van der Waals surface area (Å²) < 4.78 is 7.11. The zero-order valence-electron chi connectivity index (χ0n) is 15.3. The number of phenols is 1. The lowest BCUT2D eigenvalue weighted by molar-refractivity contribution is -0.950. The van der Waals surface area contributed by atoms with Gasteiger partial charge in [-0.15, -0.1) is 0 Å². The van der Waals surface area contributed by atoms with E-state index >= 15 is 0 Å². The van der Waals surface area contributed by atoms with Crippen LogP contribution in [0.1, 0.15) is 43.2 Å². The van der Waals surface area contributed by atoms with Crippen LogP contribution in [0.4, 0.5) is 0 Å². The van der Waals surface area contributed by atoms with Gasteiger partial charge in [-0.25, -0.2) is 0 Å². The van der Waals surface area contributed by atoms with E-state index in [2.05, 4.69) is 7.05 Å². The van der Waals surface area contributed by atoms with Crippen LogP contribution >= 0.6 is 0 Å². The molecule has 3 aliphatic carbocycles. The second kappa shape index (κ2) is 4.57. The minimum absolute atomic E-state index is 0.137. The molecule has 0 aromatic heterocycles. The van der Waals surface area contributed by atoms with Crippen LogP contribution in [0.5, 0.6) is 11.5 Å². The maximum absolute atomic E-state index is 12.2. The van der Waals surface area contributed by atoms with Crippen molar-refractivity contribution < 1.29 is 24.5 Å². The Morgan fingerprint density at radius 2 is 2.04 bits per heavy atom. The fourth-order valence-electron chi connectivity index (χ4n) is 7.13. The minimum atomic E-state index is -0.870. The summed E-state index contributed by atoms with van der Waals surface area (Å²) in [5.41, 5.74) is 0.755. The Balaban J connectivity index is 1.59. The molecular weight excluding hydrogens is 330 g/mol. The van der Waals surface area contributed by atoms with Gasteiger partial charge in [0, 0.05) is 24.3 Å². The van der Waals surface area contributed by atoms with Gasteiger partial charge in [-0.1, -0.05) is 6.07 Å². The Morgan fingerprint density at radius 1 is 1.23 bits per heavy atom. The van der Waals surface area contributed by atoms with Crippen LogP contribution in [0.3, 0.4) is 0 Å². The number of rotatable bonds is 2. The van der Waals surface area contributed by atoms with Crippen LogP contribution in [-0.2, 0) is 11.8 Å². The van der Waals surface area contributed by atoms with Gasteiger partial charge in [0.05, 0.1) is 31.7 Å². The lowest BCUT2D eigenvalue weighted by Crippen LogP contribution is -2.81. The summed E-state index contributed by atoms with van der Waals surface area (Å²) in [5, 5.41) is 33.4. The number of aliphatic hydroxyl groups is 2. The Bertz CT molecular complexity index is 807. The van der Waals surface area contributed by atoms with Gasteiger partial charge < -0.3 is 24.5 Å². The zero-order valence-corrected chi connectivity index (χ0v) is 15.3. The minimum Gasteiger partial charge on any atom is -0.504 e. The van der Waals surface area contributed by atoms with E-state index < -0.39 is 23.2 Å². The van der Waals surface area contributed by atoms with E-state index in [0.29, 0.717) is 18.6 Å². The van der Waals surface area contributed by atoms with Gasteiger partial charge in [0.1, 0.15) is 17.7 Å². The molecule has 1 aromatic carbocycles. The van der Waals surface area contributed by atoms with E-state index in [-0.39, 0.29) is 11.8 Å². The molecule has 5 nitrogen and oxygen atoms in total. The van der Waals surface area contributed by atoms with Crippen molar-refractivity contribution in [2.45, 2.75) is 67.8 Å². The molecule has 0 amide bonds. The van der Waals surface area contributed by atoms with E-state index in [1.165, 1.54) is 18.4 Å². The quantitative estimate of drug-likeness (QED) is 0.700. The third-order valence-electron chi connectivity index (χ3n) is 8.45. The first-order valence-electron chi connectivity index (χ1n) is 10.2. The number of hydrogen-bond acceptors (Lipinski definition) is 4. The number of likely N-dealkylation sites (N-methyl/N-ethyl adjacent to an activating group) is 1. The van der Waals surface area contributed by atoms with Crippen LogP contribution in [0.2, 0.25) is 0 Å². The van der Waals surface area contributed by atoms with Crippen LogP contribution in [-0.4, -0.2) is 63.8 Å². The zero-order chi connectivity index (χ0) is 17.9. The predicted octanol–water partition coefficient (Wildman–Crippen LogP) is 1.46. The first-order valence-corrected chi connectivity index (χ1v) is 10.2. The Labute approximate surface area is 153 Å². The molecule has 1 unspecified atom stereocenters. The van der Waals surface area contributed by atoms with Crippen molar-refractivity contribution in [2.24, 2.45) is 5.92 Å². The Morgan fingerprint density at radius 3 is 2.81 bits per heavy atom. The van der Waals surface area contributed by atoms with E-state index in [1.54, 1.807) is 6.07 Å². The molecule has 6 rings (SSSR count). The smallest absolute Gasteiger partial charge is 0.165 e. The molecule has 3 N–H and O–H groups in total. The summed E-state index contributed by atoms with van der Waals surface area (Å²) in [7, 11) is 2.33. The van der Waals surface area contributed by atoms with Crippen LogP contribution in [0, 0.1) is 5.92 Å². The third kappa shape index (κ3) is 1.60. The number of likely N-dealkylation sites (tertiary alicyclic amines) is 1. The number of nitrogens with zero attached hydrogens (tertiary/aromatic N) is 1. The van der Waals surface area contributed by atoms with E-state index in [9.17, 15) is 15.3 Å². The van der Waals surface area contributed by atoms with Crippen LogP contribution in [0.25, 0.3) is 0 Å². The molecule has 26 heavy (non-hydrogen) atoms. The molecule has 3 fully saturated rings. The average Bonchev–Trinajstić information content (AvgIpc) is 3.32. The summed E-state index contributed by atoms with van der Waals surface area (Å²) >= 11 is 0. The highest BCUT2D eigenvalue weighted by Gasteiger charge is 2.76. The van der Waals surface area contributed by atoms with Crippen molar-refractivity contribution in [3.8, 4) is 11.5 Å². The van der Waals surface area contributed by atoms with Gasteiger partial charge >= 0.3 is 0 Å². The molecule has 2 bridgehead atoms. The van der Waals surface area contributed by atoms with Crippen molar-refractivity contribution in [1.82, 2.24) is 0 Å². The number of aromatic hydroxyl groups is 1. The fraction of sp³-hybridized carbons (Fsp3) is 0.714. The molecule has 2 aliphatic heterocycles. The molecule has 6 atom stereocenters. The van der Waals surface area contributed by atoms with Crippen LogP contribution < -0.4 is 4.74 Å². The molecule has 1 aromatic rings. The van der Waals surface area contributed by atoms with Crippen molar-refractivity contribution in [3.05, 3.63) is 23.3 Å². The summed E-state index contributed by atoms with van der Waals surface area (Å²) in [6.07, 6.45) is 4.44. The van der Waals surface area contributed by atoms with Crippen molar-refractivity contribution >= 4 is 0 Å².